The van der Waals surface area contributed by atoms with Crippen molar-refractivity contribution in [1.29, 1.82) is 0 Å². The molecule has 0 saturated heterocycles. The number of anilines is 2. The van der Waals surface area contributed by atoms with Gasteiger partial charge in [0.15, 0.2) is 11.5 Å². The molecule has 0 atom stereocenters. The Morgan fingerprint density at radius 2 is 1.84 bits per heavy atom. The molecule has 0 aliphatic rings. The molecule has 0 spiro atoms. The van der Waals surface area contributed by atoms with Gasteiger partial charge in [0.1, 0.15) is 12.4 Å². The van der Waals surface area contributed by atoms with Crippen LogP contribution in [0.4, 0.5) is 15.9 Å². The second kappa shape index (κ2) is 7.98. The number of halogens is 1. The molecule has 0 radical (unpaired) electrons. The largest absolute Gasteiger partial charge is 0.382 e. The molecule has 0 aliphatic heterocycles. The minimum absolute atomic E-state index is 0.0497. The van der Waals surface area contributed by atoms with Crippen LogP contribution in [-0.4, -0.2) is 31.0 Å². The maximum atomic E-state index is 13.1. The van der Waals surface area contributed by atoms with Gasteiger partial charge in [-0.3, -0.25) is 4.79 Å². The molecule has 0 aliphatic carbocycles. The minimum atomic E-state index is -0.367. The zero-order valence-corrected chi connectivity index (χ0v) is 17.2. The number of carbonyl (C=O) groups is 1. The van der Waals surface area contributed by atoms with Gasteiger partial charge in [-0.1, -0.05) is 28.1 Å². The van der Waals surface area contributed by atoms with Crippen molar-refractivity contribution in [2.75, 3.05) is 11.1 Å². The van der Waals surface area contributed by atoms with E-state index in [0.29, 0.717) is 5.56 Å². The Labute approximate surface area is 177 Å². The van der Waals surface area contributed by atoms with Gasteiger partial charge in [-0.2, -0.15) is 4.98 Å². The standard InChI is InChI=1S/C21H20FN7O2/c1-11-8-12(2)17(13(3)9-11)24-16(30)10-29-19(23)18(26-28-29)21-25-20(27-31-21)14-4-6-15(22)7-5-14/h4-9H,10,23H2,1-3H3,(H,24,30). The Balaban J connectivity index is 1.51. The van der Waals surface area contributed by atoms with E-state index >= 15 is 0 Å². The zero-order chi connectivity index (χ0) is 22.1. The summed E-state index contributed by atoms with van der Waals surface area (Å²) >= 11 is 0. The smallest absolute Gasteiger partial charge is 0.282 e. The lowest BCUT2D eigenvalue weighted by Gasteiger charge is -2.13. The van der Waals surface area contributed by atoms with E-state index in [1.54, 1.807) is 0 Å². The Morgan fingerprint density at radius 1 is 1.16 bits per heavy atom. The van der Waals surface area contributed by atoms with Crippen LogP contribution in [0, 0.1) is 26.6 Å². The molecule has 2 aromatic carbocycles. The third kappa shape index (κ3) is 4.13. The highest BCUT2D eigenvalue weighted by Gasteiger charge is 2.20. The lowest BCUT2D eigenvalue weighted by molar-refractivity contribution is -0.116. The monoisotopic (exact) mass is 421 g/mol. The molecule has 10 heteroatoms. The maximum absolute atomic E-state index is 13.1. The molecular formula is C21H20FN7O2. The third-order valence-corrected chi connectivity index (χ3v) is 4.74. The van der Waals surface area contributed by atoms with Crippen molar-refractivity contribution < 1.29 is 13.7 Å². The van der Waals surface area contributed by atoms with Gasteiger partial charge in [0.05, 0.1) is 0 Å². The van der Waals surface area contributed by atoms with Gasteiger partial charge in [0.25, 0.3) is 5.89 Å². The Bertz CT molecular complexity index is 1240. The first-order valence-corrected chi connectivity index (χ1v) is 9.48. The molecule has 31 heavy (non-hydrogen) atoms. The number of nitrogens with two attached hydrogens (primary N) is 1. The van der Waals surface area contributed by atoms with E-state index in [4.69, 9.17) is 10.3 Å². The van der Waals surface area contributed by atoms with Crippen molar-refractivity contribution in [1.82, 2.24) is 25.1 Å². The van der Waals surface area contributed by atoms with E-state index < -0.39 is 0 Å². The molecule has 0 fully saturated rings. The highest BCUT2D eigenvalue weighted by atomic mass is 19.1. The van der Waals surface area contributed by atoms with Crippen LogP contribution in [0.5, 0.6) is 0 Å². The first-order chi connectivity index (χ1) is 14.8. The topological polar surface area (TPSA) is 125 Å². The van der Waals surface area contributed by atoms with Crippen LogP contribution < -0.4 is 11.1 Å². The Hall–Kier alpha value is -4.08. The molecule has 158 valence electrons. The number of aromatic nitrogens is 5. The maximum Gasteiger partial charge on any atom is 0.282 e. The second-order valence-electron chi connectivity index (χ2n) is 7.23. The van der Waals surface area contributed by atoms with Gasteiger partial charge in [0.2, 0.25) is 11.7 Å². The van der Waals surface area contributed by atoms with Gasteiger partial charge >= 0.3 is 0 Å². The summed E-state index contributed by atoms with van der Waals surface area (Å²) in [4.78, 5) is 16.8. The van der Waals surface area contributed by atoms with Gasteiger partial charge < -0.3 is 15.6 Å². The summed E-state index contributed by atoms with van der Waals surface area (Å²) in [5.41, 5.74) is 10.7. The molecule has 2 aromatic heterocycles. The highest BCUT2D eigenvalue weighted by molar-refractivity contribution is 5.92. The van der Waals surface area contributed by atoms with E-state index in [9.17, 15) is 9.18 Å². The van der Waals surface area contributed by atoms with E-state index in [1.807, 2.05) is 32.9 Å². The van der Waals surface area contributed by atoms with Crippen LogP contribution in [0.1, 0.15) is 16.7 Å². The van der Waals surface area contributed by atoms with E-state index in [-0.39, 0.29) is 41.5 Å². The summed E-state index contributed by atoms with van der Waals surface area (Å²) in [6.07, 6.45) is 0. The van der Waals surface area contributed by atoms with Gasteiger partial charge in [-0.15, -0.1) is 5.10 Å². The molecular weight excluding hydrogens is 401 g/mol. The molecule has 4 rings (SSSR count). The van der Waals surface area contributed by atoms with Crippen molar-refractivity contribution in [3.8, 4) is 23.0 Å². The van der Waals surface area contributed by atoms with E-state index in [0.717, 1.165) is 22.4 Å². The summed E-state index contributed by atoms with van der Waals surface area (Å²) in [5, 5.41) is 14.7. The summed E-state index contributed by atoms with van der Waals surface area (Å²) in [5.74, 6) is -0.243. The predicted octanol–water partition coefficient (Wildman–Crippen LogP) is 3.28. The first-order valence-electron chi connectivity index (χ1n) is 9.48. The number of nitrogens with one attached hydrogen (secondary N) is 1. The summed E-state index contributed by atoms with van der Waals surface area (Å²) in [7, 11) is 0. The third-order valence-electron chi connectivity index (χ3n) is 4.74. The van der Waals surface area contributed by atoms with Crippen molar-refractivity contribution >= 4 is 17.4 Å². The minimum Gasteiger partial charge on any atom is -0.382 e. The molecule has 0 unspecified atom stereocenters. The van der Waals surface area contributed by atoms with Crippen LogP contribution >= 0.6 is 0 Å². The second-order valence-corrected chi connectivity index (χ2v) is 7.23. The molecule has 0 saturated carbocycles. The van der Waals surface area contributed by atoms with Crippen LogP contribution in [0.2, 0.25) is 0 Å². The van der Waals surface area contributed by atoms with Crippen LogP contribution in [0.15, 0.2) is 40.9 Å². The molecule has 1 amide bonds. The quantitative estimate of drug-likeness (QED) is 0.506. The number of nitrogens with zero attached hydrogens (tertiary/aromatic N) is 5. The fourth-order valence-corrected chi connectivity index (χ4v) is 3.32. The van der Waals surface area contributed by atoms with Crippen molar-refractivity contribution in [3.05, 3.63) is 58.9 Å². The SMILES string of the molecule is Cc1cc(C)c(NC(=O)Cn2nnc(-c3nc(-c4ccc(F)cc4)no3)c2N)c(C)c1. The van der Waals surface area contributed by atoms with E-state index in [2.05, 4.69) is 25.8 Å². The number of hydrogen-bond acceptors (Lipinski definition) is 7. The van der Waals surface area contributed by atoms with Gasteiger partial charge in [-0.05, 0) is 56.2 Å². The lowest BCUT2D eigenvalue weighted by atomic mass is 10.1. The van der Waals surface area contributed by atoms with Crippen LogP contribution in [0.25, 0.3) is 23.0 Å². The highest BCUT2D eigenvalue weighted by Crippen LogP contribution is 2.25. The molecule has 3 N–H and O–H groups in total. The van der Waals surface area contributed by atoms with Crippen LogP contribution in [-0.2, 0) is 11.3 Å². The summed E-state index contributed by atoms with van der Waals surface area (Å²) in [6.45, 7) is 5.74. The number of aryl methyl sites for hydroxylation is 3. The fourth-order valence-electron chi connectivity index (χ4n) is 3.32. The van der Waals surface area contributed by atoms with Crippen molar-refractivity contribution in [2.24, 2.45) is 0 Å². The number of rotatable bonds is 5. The fraction of sp³-hybridized carbons (Fsp3) is 0.190. The summed E-state index contributed by atoms with van der Waals surface area (Å²) in [6, 6.07) is 9.66. The number of benzene rings is 2. The molecule has 0 bridgehead atoms. The van der Waals surface area contributed by atoms with Crippen LogP contribution in [0.3, 0.4) is 0 Å². The van der Waals surface area contributed by atoms with E-state index in [1.165, 1.54) is 28.9 Å². The summed E-state index contributed by atoms with van der Waals surface area (Å²) < 4.78 is 19.6. The average Bonchev–Trinajstić information content (AvgIpc) is 3.33. The number of nitrogen functional groups attached to an aromatic ring is 1. The van der Waals surface area contributed by atoms with Crippen molar-refractivity contribution in [3.63, 3.8) is 0 Å². The Kier molecular flexibility index (Phi) is 5.20. The number of carbonyl (C=O) groups excluding carboxylic acids is 1. The Morgan fingerprint density at radius 3 is 2.52 bits per heavy atom. The average molecular weight is 421 g/mol. The normalized spacial score (nSPS) is 11.0. The number of hydrogen-bond donors (Lipinski definition) is 2. The van der Waals surface area contributed by atoms with Crippen molar-refractivity contribution in [2.45, 2.75) is 27.3 Å². The van der Waals surface area contributed by atoms with Gasteiger partial charge in [0, 0.05) is 11.3 Å². The molecule has 2 heterocycles. The molecule has 9 nitrogen and oxygen atoms in total. The lowest BCUT2D eigenvalue weighted by Crippen LogP contribution is -2.21. The number of amides is 1. The molecule has 4 aromatic rings. The predicted molar refractivity (Wildman–Crippen MR) is 112 cm³/mol. The zero-order valence-electron chi connectivity index (χ0n) is 17.2. The first kappa shape index (κ1) is 20.2. The van der Waals surface area contributed by atoms with Gasteiger partial charge in [-0.25, -0.2) is 9.07 Å².